The molecule has 2 atom stereocenters. The first kappa shape index (κ1) is 12.6. The summed E-state index contributed by atoms with van der Waals surface area (Å²) in [5, 5.41) is 4.15. The lowest BCUT2D eigenvalue weighted by molar-refractivity contribution is 0.107. The molecule has 1 heterocycles. The van der Waals surface area contributed by atoms with E-state index in [2.05, 4.69) is 28.8 Å². The SMILES string of the molecule is CCN(Cc1ncnn1C)[C@H]1CCCC[C@H]1C. The third-order valence-electron chi connectivity index (χ3n) is 4.09. The fourth-order valence-corrected chi connectivity index (χ4v) is 2.95. The van der Waals surface area contributed by atoms with Crippen LogP contribution in [0.5, 0.6) is 0 Å². The molecular formula is C13H24N4. The van der Waals surface area contributed by atoms with Crippen molar-refractivity contribution in [3.63, 3.8) is 0 Å². The average molecular weight is 236 g/mol. The molecule has 0 aliphatic heterocycles. The summed E-state index contributed by atoms with van der Waals surface area (Å²) in [6, 6.07) is 0.727. The van der Waals surface area contributed by atoms with E-state index in [0.717, 1.165) is 30.9 Å². The maximum Gasteiger partial charge on any atom is 0.140 e. The normalized spacial score (nSPS) is 25.4. The Morgan fingerprint density at radius 1 is 1.41 bits per heavy atom. The predicted octanol–water partition coefficient (Wildman–Crippen LogP) is 2.22. The molecule has 1 aromatic rings. The molecule has 4 heteroatoms. The molecule has 1 saturated carbocycles. The van der Waals surface area contributed by atoms with E-state index in [9.17, 15) is 0 Å². The van der Waals surface area contributed by atoms with Gasteiger partial charge in [-0.05, 0) is 25.3 Å². The van der Waals surface area contributed by atoms with Crippen LogP contribution in [0.2, 0.25) is 0 Å². The van der Waals surface area contributed by atoms with Crippen LogP contribution in [-0.2, 0) is 13.6 Å². The van der Waals surface area contributed by atoms with Crippen LogP contribution in [0.15, 0.2) is 6.33 Å². The minimum Gasteiger partial charge on any atom is -0.293 e. The predicted molar refractivity (Wildman–Crippen MR) is 68.5 cm³/mol. The molecule has 0 aromatic carbocycles. The molecule has 0 bridgehead atoms. The van der Waals surface area contributed by atoms with Crippen LogP contribution in [0.1, 0.15) is 45.4 Å². The van der Waals surface area contributed by atoms with Crippen LogP contribution < -0.4 is 0 Å². The van der Waals surface area contributed by atoms with Crippen molar-refractivity contribution < 1.29 is 0 Å². The Hall–Kier alpha value is -0.900. The minimum atomic E-state index is 0.727. The Labute approximate surface area is 104 Å². The largest absolute Gasteiger partial charge is 0.293 e. The van der Waals surface area contributed by atoms with Crippen molar-refractivity contribution in [2.45, 2.75) is 52.1 Å². The van der Waals surface area contributed by atoms with Gasteiger partial charge in [0.2, 0.25) is 0 Å². The third kappa shape index (κ3) is 2.86. The summed E-state index contributed by atoms with van der Waals surface area (Å²) < 4.78 is 1.89. The van der Waals surface area contributed by atoms with Crippen molar-refractivity contribution in [3.8, 4) is 0 Å². The first-order chi connectivity index (χ1) is 8.22. The van der Waals surface area contributed by atoms with Gasteiger partial charge >= 0.3 is 0 Å². The fourth-order valence-electron chi connectivity index (χ4n) is 2.95. The fraction of sp³-hybridized carbons (Fsp3) is 0.846. The van der Waals surface area contributed by atoms with E-state index in [4.69, 9.17) is 0 Å². The third-order valence-corrected chi connectivity index (χ3v) is 4.09. The highest BCUT2D eigenvalue weighted by Crippen LogP contribution is 2.28. The molecule has 4 nitrogen and oxygen atoms in total. The summed E-state index contributed by atoms with van der Waals surface area (Å²) in [5.41, 5.74) is 0. The quantitative estimate of drug-likeness (QED) is 0.804. The lowest BCUT2D eigenvalue weighted by atomic mass is 9.85. The summed E-state index contributed by atoms with van der Waals surface area (Å²) >= 11 is 0. The van der Waals surface area contributed by atoms with E-state index in [1.807, 2.05) is 11.7 Å². The molecule has 0 spiro atoms. The first-order valence-electron chi connectivity index (χ1n) is 6.79. The summed E-state index contributed by atoms with van der Waals surface area (Å²) in [6.07, 6.45) is 7.14. The van der Waals surface area contributed by atoms with Crippen LogP contribution in [0.25, 0.3) is 0 Å². The lowest BCUT2D eigenvalue weighted by Crippen LogP contribution is -2.41. The highest BCUT2D eigenvalue weighted by Gasteiger charge is 2.26. The molecule has 0 unspecified atom stereocenters. The summed E-state index contributed by atoms with van der Waals surface area (Å²) in [5.74, 6) is 1.89. The van der Waals surface area contributed by atoms with Gasteiger partial charge in [-0.25, -0.2) is 4.98 Å². The second-order valence-electron chi connectivity index (χ2n) is 5.19. The van der Waals surface area contributed by atoms with Crippen LogP contribution in [-0.4, -0.2) is 32.3 Å². The van der Waals surface area contributed by atoms with Gasteiger partial charge in [0.25, 0.3) is 0 Å². The van der Waals surface area contributed by atoms with Gasteiger partial charge in [0, 0.05) is 13.1 Å². The van der Waals surface area contributed by atoms with Gasteiger partial charge in [0.1, 0.15) is 12.2 Å². The zero-order valence-electron chi connectivity index (χ0n) is 11.3. The summed E-state index contributed by atoms with van der Waals surface area (Å²) in [4.78, 5) is 6.90. The molecule has 0 saturated heterocycles. The van der Waals surface area contributed by atoms with Gasteiger partial charge in [0.15, 0.2) is 0 Å². The zero-order chi connectivity index (χ0) is 12.3. The summed E-state index contributed by atoms with van der Waals surface area (Å²) in [7, 11) is 1.97. The van der Waals surface area contributed by atoms with Gasteiger partial charge in [-0.1, -0.05) is 26.7 Å². The Morgan fingerprint density at radius 3 is 2.76 bits per heavy atom. The van der Waals surface area contributed by atoms with Crippen molar-refractivity contribution in [1.82, 2.24) is 19.7 Å². The molecule has 1 aliphatic rings. The second kappa shape index (κ2) is 5.63. The Kier molecular flexibility index (Phi) is 4.15. The zero-order valence-corrected chi connectivity index (χ0v) is 11.3. The van der Waals surface area contributed by atoms with Gasteiger partial charge in [-0.15, -0.1) is 0 Å². The number of hydrogen-bond acceptors (Lipinski definition) is 3. The van der Waals surface area contributed by atoms with Crippen LogP contribution in [0, 0.1) is 5.92 Å². The highest BCUT2D eigenvalue weighted by molar-refractivity contribution is 4.88. The highest BCUT2D eigenvalue weighted by atomic mass is 15.3. The Bertz CT molecular complexity index is 347. The standard InChI is InChI=1S/C13H24N4/c1-4-17(9-13-14-10-15-16(13)3)12-8-6-5-7-11(12)2/h10-12H,4-9H2,1-3H3/t11-,12+/m1/s1. The minimum absolute atomic E-state index is 0.727. The molecular weight excluding hydrogens is 212 g/mol. The molecule has 2 rings (SSSR count). The monoisotopic (exact) mass is 236 g/mol. The average Bonchev–Trinajstić information content (AvgIpc) is 2.73. The Balaban J connectivity index is 2.03. The number of rotatable bonds is 4. The molecule has 1 aliphatic carbocycles. The number of aryl methyl sites for hydroxylation is 1. The van der Waals surface area contributed by atoms with E-state index in [1.54, 1.807) is 6.33 Å². The van der Waals surface area contributed by atoms with E-state index >= 15 is 0 Å². The smallest absolute Gasteiger partial charge is 0.140 e. The van der Waals surface area contributed by atoms with E-state index in [0.29, 0.717) is 0 Å². The van der Waals surface area contributed by atoms with Gasteiger partial charge < -0.3 is 0 Å². The number of aromatic nitrogens is 3. The van der Waals surface area contributed by atoms with Crippen molar-refractivity contribution in [2.24, 2.45) is 13.0 Å². The molecule has 1 fully saturated rings. The maximum atomic E-state index is 4.33. The van der Waals surface area contributed by atoms with E-state index in [-0.39, 0.29) is 0 Å². The summed E-state index contributed by atoms with van der Waals surface area (Å²) in [6.45, 7) is 6.67. The van der Waals surface area contributed by atoms with Crippen molar-refractivity contribution in [3.05, 3.63) is 12.2 Å². The van der Waals surface area contributed by atoms with Crippen molar-refractivity contribution >= 4 is 0 Å². The van der Waals surface area contributed by atoms with Crippen LogP contribution in [0.3, 0.4) is 0 Å². The topological polar surface area (TPSA) is 34.0 Å². The van der Waals surface area contributed by atoms with Crippen LogP contribution >= 0.6 is 0 Å². The molecule has 1 aromatic heterocycles. The van der Waals surface area contributed by atoms with Gasteiger partial charge in [0.05, 0.1) is 6.54 Å². The maximum absolute atomic E-state index is 4.33. The van der Waals surface area contributed by atoms with Crippen LogP contribution in [0.4, 0.5) is 0 Å². The van der Waals surface area contributed by atoms with E-state index < -0.39 is 0 Å². The van der Waals surface area contributed by atoms with Crippen molar-refractivity contribution in [1.29, 1.82) is 0 Å². The molecule has 17 heavy (non-hydrogen) atoms. The van der Waals surface area contributed by atoms with Gasteiger partial charge in [-0.3, -0.25) is 9.58 Å². The second-order valence-corrected chi connectivity index (χ2v) is 5.19. The molecule has 0 amide bonds. The number of nitrogens with zero attached hydrogens (tertiary/aromatic N) is 4. The van der Waals surface area contributed by atoms with Gasteiger partial charge in [-0.2, -0.15) is 5.10 Å². The lowest BCUT2D eigenvalue weighted by Gasteiger charge is -2.37. The van der Waals surface area contributed by atoms with E-state index in [1.165, 1.54) is 25.7 Å². The molecule has 0 N–H and O–H groups in total. The number of hydrogen-bond donors (Lipinski definition) is 0. The van der Waals surface area contributed by atoms with Crippen molar-refractivity contribution in [2.75, 3.05) is 6.54 Å². The molecule has 96 valence electrons. The molecule has 0 radical (unpaired) electrons. The Morgan fingerprint density at radius 2 is 2.18 bits per heavy atom. The first-order valence-corrected chi connectivity index (χ1v) is 6.79.